The summed E-state index contributed by atoms with van der Waals surface area (Å²) in [5.41, 5.74) is 2.48. The van der Waals surface area contributed by atoms with Crippen molar-refractivity contribution in [1.29, 1.82) is 0 Å². The number of aliphatic hydroxyl groups excluding tert-OH is 1. The van der Waals surface area contributed by atoms with E-state index < -0.39 is 23.5 Å². The predicted octanol–water partition coefficient (Wildman–Crippen LogP) is 5.40. The van der Waals surface area contributed by atoms with Gasteiger partial charge in [0, 0.05) is 5.56 Å². The quantitative estimate of drug-likeness (QED) is 0.222. The highest BCUT2D eigenvalue weighted by Gasteiger charge is 2.48. The van der Waals surface area contributed by atoms with E-state index in [-0.39, 0.29) is 11.3 Å². The molecular weight excluding hydrogens is 495 g/mol. The smallest absolute Gasteiger partial charge is 0.301 e. The molecule has 9 heteroatoms. The maximum absolute atomic E-state index is 13.8. The minimum atomic E-state index is -1.000. The van der Waals surface area contributed by atoms with E-state index in [1.807, 2.05) is 25.1 Å². The number of ether oxygens (including phenoxy) is 2. The maximum Gasteiger partial charge on any atom is 0.301 e. The molecule has 1 unspecified atom stereocenters. The first-order chi connectivity index (χ1) is 17.9. The lowest BCUT2D eigenvalue weighted by molar-refractivity contribution is -0.132. The van der Waals surface area contributed by atoms with Gasteiger partial charge in [-0.1, -0.05) is 36.5 Å². The van der Waals surface area contributed by atoms with Crippen molar-refractivity contribution in [3.05, 3.63) is 88.7 Å². The van der Waals surface area contributed by atoms with Gasteiger partial charge < -0.3 is 14.6 Å². The van der Waals surface area contributed by atoms with Crippen LogP contribution in [0.15, 0.2) is 66.2 Å². The highest BCUT2D eigenvalue weighted by molar-refractivity contribution is 7.22. The second-order valence-corrected chi connectivity index (χ2v) is 9.74. The Morgan fingerprint density at radius 2 is 1.81 bits per heavy atom. The van der Waals surface area contributed by atoms with Gasteiger partial charge in [-0.3, -0.25) is 14.5 Å². The molecule has 0 radical (unpaired) electrons. The Morgan fingerprint density at radius 3 is 2.57 bits per heavy atom. The number of halogens is 1. The average molecular weight is 517 g/mol. The van der Waals surface area contributed by atoms with Crippen LogP contribution < -0.4 is 14.4 Å². The number of Topliss-reactive ketones (excluding diaryl/α,β-unsaturated/α-hetero) is 1. The fourth-order valence-corrected chi connectivity index (χ4v) is 5.67. The minimum Gasteiger partial charge on any atom is -0.507 e. The van der Waals surface area contributed by atoms with Crippen molar-refractivity contribution in [3.63, 3.8) is 0 Å². The SMILES string of the molecule is CCc1ccc2nc(N3C(=O)C(=O)/C(=C(/O)c4ccc5c(c4)OCCO5)C3c3ccc(F)cc3)sc2c1. The molecule has 7 nitrogen and oxygen atoms in total. The molecule has 1 fully saturated rings. The molecule has 2 aliphatic rings. The van der Waals surface area contributed by atoms with Crippen LogP contribution in [0.2, 0.25) is 0 Å². The zero-order chi connectivity index (χ0) is 25.7. The number of aromatic nitrogens is 1. The average Bonchev–Trinajstić information content (AvgIpc) is 3.46. The Labute approximate surface area is 215 Å². The van der Waals surface area contributed by atoms with Crippen LogP contribution in [0.4, 0.5) is 9.52 Å². The van der Waals surface area contributed by atoms with Gasteiger partial charge in [-0.2, -0.15) is 0 Å². The molecule has 0 bridgehead atoms. The van der Waals surface area contributed by atoms with Gasteiger partial charge >= 0.3 is 5.91 Å². The van der Waals surface area contributed by atoms with Crippen molar-refractivity contribution >= 4 is 44.1 Å². The molecule has 6 rings (SSSR count). The number of rotatable bonds is 4. The summed E-state index contributed by atoms with van der Waals surface area (Å²) in [6.07, 6.45) is 0.846. The number of hydrogen-bond acceptors (Lipinski definition) is 7. The zero-order valence-corrected chi connectivity index (χ0v) is 20.5. The van der Waals surface area contributed by atoms with Crippen LogP contribution in [0.5, 0.6) is 11.5 Å². The normalized spacial score (nSPS) is 18.5. The van der Waals surface area contributed by atoms with Gasteiger partial charge in [0.05, 0.1) is 21.8 Å². The van der Waals surface area contributed by atoms with Gasteiger partial charge in [-0.25, -0.2) is 9.37 Å². The number of anilines is 1. The summed E-state index contributed by atoms with van der Waals surface area (Å²) in [7, 11) is 0. The Hall–Kier alpha value is -4.24. The summed E-state index contributed by atoms with van der Waals surface area (Å²) in [6, 6.07) is 15.2. The third-order valence-corrected chi connectivity index (χ3v) is 7.52. The molecular formula is C28H21FN2O5S. The third-order valence-electron chi connectivity index (χ3n) is 6.50. The second kappa shape index (κ2) is 9.01. The molecule has 1 N–H and O–H groups in total. The first kappa shape index (κ1) is 23.2. The molecule has 4 aromatic rings. The van der Waals surface area contributed by atoms with Crippen LogP contribution in [0.25, 0.3) is 16.0 Å². The number of hydrogen-bond donors (Lipinski definition) is 1. The van der Waals surface area contributed by atoms with E-state index in [4.69, 9.17) is 9.47 Å². The van der Waals surface area contributed by atoms with Gasteiger partial charge in [0.15, 0.2) is 16.6 Å². The lowest BCUT2D eigenvalue weighted by atomic mass is 9.95. The molecule has 3 heterocycles. The summed E-state index contributed by atoms with van der Waals surface area (Å²) in [5.74, 6) is -1.53. The van der Waals surface area contributed by atoms with E-state index in [2.05, 4.69) is 4.98 Å². The van der Waals surface area contributed by atoms with E-state index in [9.17, 15) is 19.1 Å². The summed E-state index contributed by atoms with van der Waals surface area (Å²) in [4.78, 5) is 32.7. The van der Waals surface area contributed by atoms with Crippen LogP contribution in [-0.2, 0) is 16.0 Å². The highest BCUT2D eigenvalue weighted by atomic mass is 32.1. The number of amides is 1. The molecule has 3 aromatic carbocycles. The van der Waals surface area contributed by atoms with E-state index in [1.165, 1.54) is 40.5 Å². The van der Waals surface area contributed by atoms with Crippen LogP contribution in [-0.4, -0.2) is 35.0 Å². The predicted molar refractivity (Wildman–Crippen MR) is 138 cm³/mol. The topological polar surface area (TPSA) is 89.0 Å². The van der Waals surface area contributed by atoms with Gasteiger partial charge in [0.1, 0.15) is 24.8 Å². The molecule has 0 spiro atoms. The van der Waals surface area contributed by atoms with Crippen molar-refractivity contribution in [3.8, 4) is 11.5 Å². The highest BCUT2D eigenvalue weighted by Crippen LogP contribution is 2.45. The molecule has 1 aromatic heterocycles. The summed E-state index contributed by atoms with van der Waals surface area (Å²) in [6.45, 7) is 2.82. The van der Waals surface area contributed by atoms with Crippen molar-refractivity contribution in [1.82, 2.24) is 4.98 Å². The number of aryl methyl sites for hydroxylation is 1. The number of benzene rings is 3. The lowest BCUT2D eigenvalue weighted by Crippen LogP contribution is -2.29. The first-order valence-corrected chi connectivity index (χ1v) is 12.6. The first-order valence-electron chi connectivity index (χ1n) is 11.8. The van der Waals surface area contributed by atoms with Crippen molar-refractivity contribution in [2.45, 2.75) is 19.4 Å². The number of carbonyl (C=O) groups is 2. The molecule has 0 aliphatic carbocycles. The van der Waals surface area contributed by atoms with Crippen molar-refractivity contribution in [2.75, 3.05) is 18.1 Å². The number of thiazole rings is 1. The third kappa shape index (κ3) is 3.92. The van der Waals surface area contributed by atoms with Gasteiger partial charge in [0.2, 0.25) is 0 Å². The lowest BCUT2D eigenvalue weighted by Gasteiger charge is -2.23. The van der Waals surface area contributed by atoms with Crippen LogP contribution >= 0.6 is 11.3 Å². The largest absolute Gasteiger partial charge is 0.507 e. The molecule has 1 atom stereocenters. The summed E-state index contributed by atoms with van der Waals surface area (Å²) in [5, 5.41) is 11.7. The van der Waals surface area contributed by atoms with Gasteiger partial charge in [-0.05, 0) is 60.0 Å². The Morgan fingerprint density at radius 1 is 1.05 bits per heavy atom. The second-order valence-electron chi connectivity index (χ2n) is 8.73. The van der Waals surface area contributed by atoms with E-state index >= 15 is 0 Å². The number of nitrogens with zero attached hydrogens (tertiary/aromatic N) is 2. The molecule has 1 amide bonds. The molecule has 0 saturated carbocycles. The molecule has 37 heavy (non-hydrogen) atoms. The number of fused-ring (bicyclic) bond motifs is 2. The Kier molecular flexibility index (Phi) is 5.64. The standard InChI is InChI=1S/C28H21FN2O5S/c1-2-15-3-9-19-22(13-15)37-28(30-19)31-24(16-4-7-18(29)8-5-16)23(26(33)27(31)34)25(32)17-6-10-20-21(14-17)36-12-11-35-20/h3-10,13-14,24,32H,2,11-12H2,1H3/b25-23+. The van der Waals surface area contributed by atoms with Crippen LogP contribution in [0.3, 0.4) is 0 Å². The number of aliphatic hydroxyl groups is 1. The molecule has 2 aliphatic heterocycles. The molecule has 1 saturated heterocycles. The Balaban J connectivity index is 1.52. The Bertz CT molecular complexity index is 1590. The van der Waals surface area contributed by atoms with Gasteiger partial charge in [-0.15, -0.1) is 0 Å². The molecule has 186 valence electrons. The van der Waals surface area contributed by atoms with E-state index in [1.54, 1.807) is 18.2 Å². The van der Waals surface area contributed by atoms with Crippen molar-refractivity contribution in [2.24, 2.45) is 0 Å². The zero-order valence-electron chi connectivity index (χ0n) is 19.7. The summed E-state index contributed by atoms with van der Waals surface area (Å²) >= 11 is 1.29. The van der Waals surface area contributed by atoms with Crippen molar-refractivity contribution < 1.29 is 28.6 Å². The maximum atomic E-state index is 13.8. The van der Waals surface area contributed by atoms with E-state index in [0.29, 0.717) is 46.5 Å². The fourth-order valence-electron chi connectivity index (χ4n) is 4.62. The fraction of sp³-hybridized carbons (Fsp3) is 0.179. The number of ketones is 1. The van der Waals surface area contributed by atoms with Gasteiger partial charge in [0.25, 0.3) is 5.78 Å². The summed E-state index contributed by atoms with van der Waals surface area (Å²) < 4.78 is 25.8. The van der Waals surface area contributed by atoms with E-state index in [0.717, 1.165) is 16.7 Å². The number of carbonyl (C=O) groups excluding carboxylic acids is 2. The van der Waals surface area contributed by atoms with Crippen LogP contribution in [0.1, 0.15) is 29.7 Å². The monoisotopic (exact) mass is 516 g/mol. The minimum absolute atomic E-state index is 0.109. The van der Waals surface area contributed by atoms with Crippen LogP contribution in [0, 0.1) is 5.82 Å².